The van der Waals surface area contributed by atoms with Crippen LogP contribution in [-0.2, 0) is 18.6 Å². The molecule has 3 rings (SSSR count). The van der Waals surface area contributed by atoms with Crippen LogP contribution in [0.1, 0.15) is 35.3 Å². The van der Waals surface area contributed by atoms with Gasteiger partial charge in [0.15, 0.2) is 0 Å². The van der Waals surface area contributed by atoms with E-state index in [2.05, 4.69) is 5.32 Å². The summed E-state index contributed by atoms with van der Waals surface area (Å²) in [6.45, 7) is 3.39. The number of allylic oxidation sites excluding steroid dienone is 4. The van der Waals surface area contributed by atoms with Gasteiger partial charge in [0.05, 0.1) is 10.6 Å². The molecule has 1 aliphatic rings. The number of nitrogens with zero attached hydrogens (tertiary/aromatic N) is 1. The number of rotatable bonds is 5. The fourth-order valence-corrected chi connectivity index (χ4v) is 3.98. The van der Waals surface area contributed by atoms with E-state index < -0.39 is 40.3 Å². The molecule has 0 aliphatic heterocycles. The minimum absolute atomic E-state index is 0.0315. The minimum Gasteiger partial charge on any atom is -0.322 e. The first-order valence-corrected chi connectivity index (χ1v) is 10.8. The maximum atomic E-state index is 14.0. The Morgan fingerprint density at radius 3 is 2.55 bits per heavy atom. The van der Waals surface area contributed by atoms with Gasteiger partial charge >= 0.3 is 6.18 Å². The first-order valence-electron chi connectivity index (χ1n) is 9.91. The average molecular weight is 503 g/mol. The second-order valence-corrected chi connectivity index (χ2v) is 8.41. The van der Waals surface area contributed by atoms with Crippen molar-refractivity contribution in [1.82, 2.24) is 4.57 Å². The van der Waals surface area contributed by atoms with Crippen LogP contribution in [-0.4, -0.2) is 16.6 Å². The van der Waals surface area contributed by atoms with Gasteiger partial charge in [-0.2, -0.15) is 13.2 Å². The molecule has 0 radical (unpaired) electrons. The number of carbonyl (C=O) groups excluding carboxylic acids is 1. The summed E-state index contributed by atoms with van der Waals surface area (Å²) in [6, 6.07) is 4.30. The molecule has 0 bridgehead atoms. The van der Waals surface area contributed by atoms with Gasteiger partial charge in [-0.05, 0) is 48.8 Å². The molecular formula is C23H20Cl2F4N2O2. The molecule has 0 spiro atoms. The summed E-state index contributed by atoms with van der Waals surface area (Å²) in [5.74, 6) is -1.18. The molecule has 2 atom stereocenters. The van der Waals surface area contributed by atoms with E-state index in [4.69, 9.17) is 23.2 Å². The molecule has 1 aliphatic carbocycles. The second kappa shape index (κ2) is 9.73. The number of pyridine rings is 1. The Kier molecular flexibility index (Phi) is 7.39. The summed E-state index contributed by atoms with van der Waals surface area (Å²) < 4.78 is 55.6. The molecule has 4 nitrogen and oxygen atoms in total. The third-order valence-electron chi connectivity index (χ3n) is 5.65. The summed E-state index contributed by atoms with van der Waals surface area (Å²) in [6.07, 6.45) is -1.70. The van der Waals surface area contributed by atoms with Crippen molar-refractivity contribution < 1.29 is 22.4 Å². The quantitative estimate of drug-likeness (QED) is 0.381. The summed E-state index contributed by atoms with van der Waals surface area (Å²) in [4.78, 5) is 24.9. The topological polar surface area (TPSA) is 51.1 Å². The van der Waals surface area contributed by atoms with Crippen LogP contribution in [0.25, 0.3) is 0 Å². The number of carbonyl (C=O) groups is 1. The first-order chi connectivity index (χ1) is 15.4. The predicted octanol–water partition coefficient (Wildman–Crippen LogP) is 6.37. The Bertz CT molecular complexity index is 1200. The highest BCUT2D eigenvalue weighted by molar-refractivity contribution is 6.32. The number of hydrogen-bond donors (Lipinski definition) is 1. The van der Waals surface area contributed by atoms with Gasteiger partial charge < -0.3 is 9.88 Å². The fraction of sp³-hybridized carbons (Fsp3) is 0.304. The van der Waals surface area contributed by atoms with Crippen LogP contribution in [0.2, 0.25) is 5.02 Å². The molecule has 0 saturated carbocycles. The largest absolute Gasteiger partial charge is 0.417 e. The standard InChI is InChI=1S/C23H20Cl2F4N2O2/c1-12-13(2)20(26)4-3-14(12)7-15-8-18(23(27,28)29)19(25)10-17(15)22(33)30-16-5-6-31(11-24)21(32)9-16/h3-6,8-10,13,20H,7,11H2,1-2H3,(H,30,33). The van der Waals surface area contributed by atoms with Gasteiger partial charge in [-0.3, -0.25) is 9.59 Å². The van der Waals surface area contributed by atoms with E-state index in [9.17, 15) is 27.2 Å². The normalized spacial score (nSPS) is 18.5. The number of alkyl halides is 5. The van der Waals surface area contributed by atoms with E-state index in [-0.39, 0.29) is 29.2 Å². The molecule has 1 N–H and O–H groups in total. The molecule has 2 unspecified atom stereocenters. The van der Waals surface area contributed by atoms with Gasteiger partial charge in [0.25, 0.3) is 11.5 Å². The maximum absolute atomic E-state index is 14.0. The summed E-state index contributed by atoms with van der Waals surface area (Å²) in [5.41, 5.74) is -0.100. The number of benzene rings is 1. The number of aromatic nitrogens is 1. The van der Waals surface area contributed by atoms with Crippen molar-refractivity contribution in [2.45, 2.75) is 38.6 Å². The van der Waals surface area contributed by atoms with Gasteiger partial charge in [-0.15, -0.1) is 11.6 Å². The van der Waals surface area contributed by atoms with Crippen molar-refractivity contribution in [2.75, 3.05) is 5.32 Å². The maximum Gasteiger partial charge on any atom is 0.417 e. The molecular weight excluding hydrogens is 483 g/mol. The van der Waals surface area contributed by atoms with Crippen molar-refractivity contribution in [3.8, 4) is 0 Å². The Morgan fingerprint density at radius 1 is 1.24 bits per heavy atom. The van der Waals surface area contributed by atoms with E-state index in [1.54, 1.807) is 13.8 Å². The molecule has 1 aromatic heterocycles. The molecule has 0 saturated heterocycles. The Hall–Kier alpha value is -2.58. The average Bonchev–Trinajstić information content (AvgIpc) is 2.74. The van der Waals surface area contributed by atoms with Crippen LogP contribution >= 0.6 is 23.2 Å². The smallest absolute Gasteiger partial charge is 0.322 e. The zero-order valence-corrected chi connectivity index (χ0v) is 19.2. The molecule has 33 heavy (non-hydrogen) atoms. The SMILES string of the molecule is CC1=C(Cc2cc(C(F)(F)F)c(Cl)cc2C(=O)Nc2ccn(CCl)c(=O)c2)C=CC(F)C1C. The van der Waals surface area contributed by atoms with E-state index in [0.717, 1.165) is 18.2 Å². The van der Waals surface area contributed by atoms with Gasteiger partial charge in [0, 0.05) is 29.4 Å². The van der Waals surface area contributed by atoms with E-state index in [1.165, 1.54) is 29.0 Å². The Labute approximate surface area is 197 Å². The molecule has 0 fully saturated rings. The molecule has 1 aromatic carbocycles. The lowest BCUT2D eigenvalue weighted by Crippen LogP contribution is -2.21. The lowest BCUT2D eigenvalue weighted by Gasteiger charge is -2.23. The number of anilines is 1. The zero-order valence-electron chi connectivity index (χ0n) is 17.6. The summed E-state index contributed by atoms with van der Waals surface area (Å²) >= 11 is 11.5. The Balaban J connectivity index is 2.04. The molecule has 1 amide bonds. The minimum atomic E-state index is -4.73. The van der Waals surface area contributed by atoms with Crippen LogP contribution in [0.15, 0.2) is 58.6 Å². The van der Waals surface area contributed by atoms with E-state index >= 15 is 0 Å². The monoisotopic (exact) mass is 502 g/mol. The van der Waals surface area contributed by atoms with Crippen LogP contribution < -0.4 is 10.9 Å². The van der Waals surface area contributed by atoms with Crippen LogP contribution in [0.5, 0.6) is 0 Å². The van der Waals surface area contributed by atoms with Crippen LogP contribution in [0.4, 0.5) is 23.2 Å². The number of amides is 1. The predicted molar refractivity (Wildman–Crippen MR) is 121 cm³/mol. The van der Waals surface area contributed by atoms with Gasteiger partial charge in [0.2, 0.25) is 0 Å². The van der Waals surface area contributed by atoms with E-state index in [0.29, 0.717) is 11.1 Å². The van der Waals surface area contributed by atoms with Crippen molar-refractivity contribution >= 4 is 34.8 Å². The van der Waals surface area contributed by atoms with Crippen molar-refractivity contribution in [2.24, 2.45) is 5.92 Å². The Morgan fingerprint density at radius 2 is 1.94 bits per heavy atom. The highest BCUT2D eigenvalue weighted by Crippen LogP contribution is 2.38. The molecule has 176 valence electrons. The summed E-state index contributed by atoms with van der Waals surface area (Å²) in [7, 11) is 0. The van der Waals surface area contributed by atoms with Crippen LogP contribution in [0, 0.1) is 5.92 Å². The van der Waals surface area contributed by atoms with Crippen molar-refractivity contribution in [3.05, 3.63) is 85.8 Å². The van der Waals surface area contributed by atoms with Gasteiger partial charge in [0.1, 0.15) is 12.2 Å². The fourth-order valence-electron chi connectivity index (χ4n) is 3.52. The molecule has 10 heteroatoms. The zero-order chi connectivity index (χ0) is 24.5. The van der Waals surface area contributed by atoms with Crippen molar-refractivity contribution in [1.29, 1.82) is 0 Å². The van der Waals surface area contributed by atoms with Crippen molar-refractivity contribution in [3.63, 3.8) is 0 Å². The van der Waals surface area contributed by atoms with Gasteiger partial charge in [-0.1, -0.05) is 30.2 Å². The number of halogens is 6. The highest BCUT2D eigenvalue weighted by atomic mass is 35.5. The molecule has 1 heterocycles. The third-order valence-corrected chi connectivity index (χ3v) is 6.23. The summed E-state index contributed by atoms with van der Waals surface area (Å²) in [5, 5.41) is 1.88. The highest BCUT2D eigenvalue weighted by Gasteiger charge is 2.35. The first kappa shape index (κ1) is 25.1. The number of nitrogens with one attached hydrogen (secondary N) is 1. The molecule has 2 aromatic rings. The van der Waals surface area contributed by atoms with E-state index in [1.807, 2.05) is 0 Å². The van der Waals surface area contributed by atoms with Gasteiger partial charge in [-0.25, -0.2) is 4.39 Å². The second-order valence-electron chi connectivity index (χ2n) is 7.76. The third kappa shape index (κ3) is 5.50. The lowest BCUT2D eigenvalue weighted by atomic mass is 9.84. The van der Waals surface area contributed by atoms with Crippen LogP contribution in [0.3, 0.4) is 0 Å². The number of hydrogen-bond acceptors (Lipinski definition) is 2. The lowest BCUT2D eigenvalue weighted by molar-refractivity contribution is -0.137.